The van der Waals surface area contributed by atoms with Gasteiger partial charge in [0.1, 0.15) is 0 Å². The molecule has 0 amide bonds. The van der Waals surface area contributed by atoms with Crippen molar-refractivity contribution >= 4 is 5.96 Å². The second-order valence-electron chi connectivity index (χ2n) is 6.80. The van der Waals surface area contributed by atoms with Gasteiger partial charge in [-0.15, -0.1) is 0 Å². The van der Waals surface area contributed by atoms with E-state index in [1.807, 2.05) is 0 Å². The molecule has 0 aliphatic heterocycles. The summed E-state index contributed by atoms with van der Waals surface area (Å²) in [4.78, 5) is 4.68. The van der Waals surface area contributed by atoms with Crippen molar-refractivity contribution in [2.45, 2.75) is 77.7 Å². The summed E-state index contributed by atoms with van der Waals surface area (Å²) in [6.45, 7) is 7.88. The molecule has 1 saturated carbocycles. The topological polar surface area (TPSA) is 65.9 Å². The highest BCUT2D eigenvalue weighted by molar-refractivity contribution is 5.79. The zero-order chi connectivity index (χ0) is 17.5. The molecule has 142 valence electrons. The van der Waals surface area contributed by atoms with Gasteiger partial charge in [-0.2, -0.15) is 0 Å². The first-order valence-electron chi connectivity index (χ1n) is 10.0. The van der Waals surface area contributed by atoms with E-state index in [0.29, 0.717) is 12.0 Å². The maximum Gasteiger partial charge on any atom is 0.191 e. The van der Waals surface area contributed by atoms with Crippen LogP contribution < -0.4 is 10.6 Å². The third kappa shape index (κ3) is 10.1. The molecule has 0 radical (unpaired) electrons. The van der Waals surface area contributed by atoms with Gasteiger partial charge in [0, 0.05) is 32.8 Å². The van der Waals surface area contributed by atoms with Crippen molar-refractivity contribution in [1.82, 2.24) is 10.6 Å². The summed E-state index contributed by atoms with van der Waals surface area (Å²) in [6, 6.07) is 0. The minimum absolute atomic E-state index is 0.253. The van der Waals surface area contributed by atoms with Crippen LogP contribution in [0, 0.1) is 5.92 Å². The zero-order valence-corrected chi connectivity index (χ0v) is 15.9. The van der Waals surface area contributed by atoms with E-state index in [9.17, 15) is 0 Å². The van der Waals surface area contributed by atoms with Gasteiger partial charge in [-0.25, -0.2) is 0 Å². The number of hydrogen-bond donors (Lipinski definition) is 3. The molecule has 0 spiro atoms. The van der Waals surface area contributed by atoms with Crippen molar-refractivity contribution in [1.29, 1.82) is 0 Å². The highest BCUT2D eigenvalue weighted by atomic mass is 16.5. The first-order chi connectivity index (χ1) is 11.8. The minimum atomic E-state index is 0.253. The second kappa shape index (κ2) is 14.5. The van der Waals surface area contributed by atoms with Crippen LogP contribution in [-0.4, -0.2) is 50.0 Å². The molecular weight excluding hydrogens is 302 g/mol. The van der Waals surface area contributed by atoms with E-state index in [4.69, 9.17) is 9.84 Å². The maximum absolute atomic E-state index is 9.15. The Balaban J connectivity index is 2.21. The van der Waals surface area contributed by atoms with Crippen molar-refractivity contribution in [3.63, 3.8) is 0 Å². The lowest BCUT2D eigenvalue weighted by atomic mass is 9.98. The van der Waals surface area contributed by atoms with E-state index in [1.54, 1.807) is 0 Å². The van der Waals surface area contributed by atoms with E-state index < -0.39 is 0 Å². The summed E-state index contributed by atoms with van der Waals surface area (Å²) in [7, 11) is 0. The van der Waals surface area contributed by atoms with E-state index in [2.05, 4.69) is 29.5 Å². The summed E-state index contributed by atoms with van der Waals surface area (Å²) < 4.78 is 5.96. The molecule has 1 fully saturated rings. The van der Waals surface area contributed by atoms with E-state index >= 15 is 0 Å². The number of ether oxygens (including phenoxy) is 1. The molecule has 1 aliphatic carbocycles. The number of rotatable bonds is 12. The maximum atomic E-state index is 9.15. The lowest BCUT2D eigenvalue weighted by Gasteiger charge is -2.22. The first kappa shape index (κ1) is 21.2. The molecule has 5 nitrogen and oxygen atoms in total. The van der Waals surface area contributed by atoms with Crippen LogP contribution in [0.3, 0.4) is 0 Å². The average molecular weight is 342 g/mol. The van der Waals surface area contributed by atoms with Gasteiger partial charge in [0.25, 0.3) is 0 Å². The number of nitrogens with zero attached hydrogens (tertiary/aromatic N) is 1. The van der Waals surface area contributed by atoms with Gasteiger partial charge in [0.2, 0.25) is 0 Å². The standard InChI is InChI=1S/C19H39N3O2/c1-3-9-17(12-14-23)16-22-19(20-4-2)21-13-8-15-24-18-10-6-5-7-11-18/h17-18,23H,3-16H2,1-2H3,(H2,20,21,22). The number of guanidine groups is 1. The number of aliphatic imine (C=N–C) groups is 1. The average Bonchev–Trinajstić information content (AvgIpc) is 2.60. The van der Waals surface area contributed by atoms with Gasteiger partial charge < -0.3 is 20.5 Å². The van der Waals surface area contributed by atoms with Gasteiger partial charge in [-0.05, 0) is 44.9 Å². The highest BCUT2D eigenvalue weighted by Crippen LogP contribution is 2.20. The molecule has 0 aromatic rings. The summed E-state index contributed by atoms with van der Waals surface area (Å²) in [5.74, 6) is 1.36. The molecule has 1 atom stereocenters. The third-order valence-corrected chi connectivity index (χ3v) is 4.61. The number of aliphatic hydroxyl groups excluding tert-OH is 1. The summed E-state index contributed by atoms with van der Waals surface area (Å²) in [6.07, 6.45) is 11.1. The Kier molecular flexibility index (Phi) is 12.9. The number of nitrogens with one attached hydrogen (secondary N) is 2. The van der Waals surface area contributed by atoms with Crippen LogP contribution in [0.2, 0.25) is 0 Å². The summed E-state index contributed by atoms with van der Waals surface area (Å²) >= 11 is 0. The monoisotopic (exact) mass is 341 g/mol. The quantitative estimate of drug-likeness (QED) is 0.290. The third-order valence-electron chi connectivity index (χ3n) is 4.61. The summed E-state index contributed by atoms with van der Waals surface area (Å²) in [5, 5.41) is 15.8. The van der Waals surface area contributed by atoms with Crippen molar-refractivity contribution in [3.8, 4) is 0 Å². The Bertz CT molecular complexity index is 312. The molecule has 0 aromatic heterocycles. The van der Waals surface area contributed by atoms with Crippen LogP contribution in [0.5, 0.6) is 0 Å². The zero-order valence-electron chi connectivity index (χ0n) is 15.9. The molecule has 24 heavy (non-hydrogen) atoms. The van der Waals surface area contributed by atoms with E-state index in [1.165, 1.54) is 32.1 Å². The lowest BCUT2D eigenvalue weighted by molar-refractivity contribution is 0.0277. The molecule has 1 aliphatic rings. The van der Waals surface area contributed by atoms with Gasteiger partial charge >= 0.3 is 0 Å². The van der Waals surface area contributed by atoms with Crippen LogP contribution in [0.15, 0.2) is 4.99 Å². The Morgan fingerprint density at radius 3 is 2.62 bits per heavy atom. The Morgan fingerprint density at radius 2 is 1.96 bits per heavy atom. The van der Waals surface area contributed by atoms with Crippen LogP contribution in [0.25, 0.3) is 0 Å². The minimum Gasteiger partial charge on any atom is -0.396 e. The fourth-order valence-corrected chi connectivity index (χ4v) is 3.24. The van der Waals surface area contributed by atoms with E-state index in [0.717, 1.165) is 57.9 Å². The number of aliphatic hydroxyl groups is 1. The van der Waals surface area contributed by atoms with Crippen molar-refractivity contribution in [2.24, 2.45) is 10.9 Å². The fraction of sp³-hybridized carbons (Fsp3) is 0.947. The predicted molar refractivity (Wildman–Crippen MR) is 102 cm³/mol. The molecular formula is C19H39N3O2. The van der Waals surface area contributed by atoms with Crippen LogP contribution in [0.4, 0.5) is 0 Å². The SMILES string of the molecule is CCCC(CCO)CN=C(NCC)NCCCOC1CCCCC1. The molecule has 0 saturated heterocycles. The Labute approximate surface area is 148 Å². The molecule has 0 bridgehead atoms. The Morgan fingerprint density at radius 1 is 1.17 bits per heavy atom. The largest absolute Gasteiger partial charge is 0.396 e. The van der Waals surface area contributed by atoms with Gasteiger partial charge in [0.15, 0.2) is 5.96 Å². The molecule has 1 rings (SSSR count). The van der Waals surface area contributed by atoms with Crippen molar-refractivity contribution < 1.29 is 9.84 Å². The van der Waals surface area contributed by atoms with Gasteiger partial charge in [0.05, 0.1) is 6.10 Å². The number of hydrogen-bond acceptors (Lipinski definition) is 3. The van der Waals surface area contributed by atoms with Crippen LogP contribution in [-0.2, 0) is 4.74 Å². The fourth-order valence-electron chi connectivity index (χ4n) is 3.24. The van der Waals surface area contributed by atoms with Crippen LogP contribution in [0.1, 0.15) is 71.6 Å². The van der Waals surface area contributed by atoms with Gasteiger partial charge in [-0.1, -0.05) is 32.6 Å². The lowest BCUT2D eigenvalue weighted by Crippen LogP contribution is -2.38. The molecule has 1 unspecified atom stereocenters. The summed E-state index contributed by atoms with van der Waals surface area (Å²) in [5.41, 5.74) is 0. The first-order valence-corrected chi connectivity index (χ1v) is 10.0. The van der Waals surface area contributed by atoms with Crippen molar-refractivity contribution in [3.05, 3.63) is 0 Å². The van der Waals surface area contributed by atoms with E-state index in [-0.39, 0.29) is 6.61 Å². The van der Waals surface area contributed by atoms with Gasteiger partial charge in [-0.3, -0.25) is 4.99 Å². The molecule has 0 aromatic carbocycles. The molecule has 3 N–H and O–H groups in total. The van der Waals surface area contributed by atoms with Crippen LogP contribution >= 0.6 is 0 Å². The van der Waals surface area contributed by atoms with Crippen molar-refractivity contribution in [2.75, 3.05) is 32.8 Å². The second-order valence-corrected chi connectivity index (χ2v) is 6.80. The smallest absolute Gasteiger partial charge is 0.191 e. The normalized spacial score (nSPS) is 17.7. The molecule has 0 heterocycles. The Hall–Kier alpha value is -0.810. The highest BCUT2D eigenvalue weighted by Gasteiger charge is 2.13. The predicted octanol–water partition coefficient (Wildman–Crippen LogP) is 3.08. The molecule has 5 heteroatoms.